The van der Waals surface area contributed by atoms with Crippen LogP contribution in [0.1, 0.15) is 23.8 Å². The molecule has 0 spiro atoms. The van der Waals surface area contributed by atoms with Crippen molar-refractivity contribution in [3.63, 3.8) is 0 Å². The second-order valence-corrected chi connectivity index (χ2v) is 9.72. The van der Waals surface area contributed by atoms with Crippen molar-refractivity contribution < 1.29 is 14.2 Å². The zero-order valence-corrected chi connectivity index (χ0v) is 19.8. The van der Waals surface area contributed by atoms with Crippen LogP contribution >= 0.6 is 23.1 Å². The van der Waals surface area contributed by atoms with Gasteiger partial charge >= 0.3 is 0 Å². The van der Waals surface area contributed by atoms with Gasteiger partial charge in [-0.25, -0.2) is 4.98 Å². The third kappa shape index (κ3) is 4.91. The average Bonchev–Trinajstić information content (AvgIpc) is 3.46. The summed E-state index contributed by atoms with van der Waals surface area (Å²) in [6.45, 7) is 4.30. The van der Waals surface area contributed by atoms with E-state index in [4.69, 9.17) is 19.2 Å². The number of aryl methyl sites for hydroxylation is 2. The minimum Gasteiger partial charge on any atom is -0.493 e. The Morgan fingerprint density at radius 2 is 2.10 bits per heavy atom. The van der Waals surface area contributed by atoms with Crippen LogP contribution in [0.25, 0.3) is 10.2 Å². The lowest BCUT2D eigenvalue weighted by Crippen LogP contribution is -2.24. The van der Waals surface area contributed by atoms with Crippen LogP contribution in [0.15, 0.2) is 34.2 Å². The van der Waals surface area contributed by atoms with Gasteiger partial charge in [0, 0.05) is 23.8 Å². The Kier molecular flexibility index (Phi) is 7.20. The van der Waals surface area contributed by atoms with Crippen molar-refractivity contribution in [2.75, 3.05) is 33.2 Å². The Labute approximate surface area is 190 Å². The first-order valence-electron chi connectivity index (χ1n) is 10.6. The summed E-state index contributed by atoms with van der Waals surface area (Å²) >= 11 is 3.30. The van der Waals surface area contributed by atoms with E-state index >= 15 is 0 Å². The number of hydrogen-bond donors (Lipinski definition) is 0. The first-order valence-corrected chi connectivity index (χ1v) is 12.4. The molecule has 0 saturated carbocycles. The molecule has 1 saturated heterocycles. The topological polar surface area (TPSA) is 62.6 Å². The number of rotatable bonds is 9. The van der Waals surface area contributed by atoms with E-state index in [9.17, 15) is 4.79 Å². The molecule has 1 atom stereocenters. The van der Waals surface area contributed by atoms with E-state index in [-0.39, 0.29) is 5.56 Å². The summed E-state index contributed by atoms with van der Waals surface area (Å²) in [5.41, 5.74) is 1.14. The molecule has 0 aliphatic carbocycles. The number of nitrogens with zero attached hydrogens (tertiary/aromatic N) is 2. The van der Waals surface area contributed by atoms with Crippen LogP contribution in [-0.2, 0) is 24.1 Å². The van der Waals surface area contributed by atoms with E-state index in [1.165, 1.54) is 4.88 Å². The molecule has 4 rings (SSSR count). The number of thiophene rings is 1. The number of aromatic nitrogens is 2. The second-order valence-electron chi connectivity index (χ2n) is 7.62. The molecule has 1 fully saturated rings. The van der Waals surface area contributed by atoms with Gasteiger partial charge in [0.05, 0.1) is 26.2 Å². The fourth-order valence-electron chi connectivity index (χ4n) is 3.71. The molecule has 0 bridgehead atoms. The van der Waals surface area contributed by atoms with Gasteiger partial charge < -0.3 is 14.2 Å². The summed E-state index contributed by atoms with van der Waals surface area (Å²) in [6, 6.07) is 7.89. The van der Waals surface area contributed by atoms with Crippen LogP contribution in [0.3, 0.4) is 0 Å². The van der Waals surface area contributed by atoms with E-state index in [2.05, 4.69) is 6.92 Å². The second kappa shape index (κ2) is 10.1. The van der Waals surface area contributed by atoms with E-state index in [1.807, 2.05) is 28.8 Å². The molecule has 6 nitrogen and oxygen atoms in total. The third-order valence-corrected chi connectivity index (χ3v) is 7.94. The molecule has 8 heteroatoms. The lowest BCUT2D eigenvalue weighted by atomic mass is 10.1. The molecule has 0 radical (unpaired) electrons. The van der Waals surface area contributed by atoms with Crippen LogP contribution in [-0.4, -0.2) is 42.7 Å². The average molecular weight is 461 g/mol. The van der Waals surface area contributed by atoms with Crippen molar-refractivity contribution in [3.05, 3.63) is 45.1 Å². The summed E-state index contributed by atoms with van der Waals surface area (Å²) in [7, 11) is 3.26. The fraction of sp³-hybridized carbons (Fsp3) is 0.478. The van der Waals surface area contributed by atoms with Gasteiger partial charge in [-0.1, -0.05) is 24.8 Å². The van der Waals surface area contributed by atoms with Gasteiger partial charge in [0.1, 0.15) is 4.83 Å². The SMILES string of the molecule is CCc1cc2c(=O)n(CCc3ccc(OC)c(OC)c3)c(SC[C@H]3CCOC3)nc2s1. The van der Waals surface area contributed by atoms with Gasteiger partial charge in [-0.15, -0.1) is 11.3 Å². The summed E-state index contributed by atoms with van der Waals surface area (Å²) in [5, 5.41) is 1.53. The lowest BCUT2D eigenvalue weighted by molar-refractivity contribution is 0.189. The quantitative estimate of drug-likeness (QED) is 0.348. The Balaban J connectivity index is 1.62. The molecule has 1 aliphatic rings. The molecule has 31 heavy (non-hydrogen) atoms. The monoisotopic (exact) mass is 460 g/mol. The zero-order chi connectivity index (χ0) is 21.8. The first-order chi connectivity index (χ1) is 15.1. The van der Waals surface area contributed by atoms with E-state index in [0.717, 1.165) is 52.7 Å². The highest BCUT2D eigenvalue weighted by molar-refractivity contribution is 7.99. The van der Waals surface area contributed by atoms with Crippen LogP contribution in [0.4, 0.5) is 0 Å². The number of methoxy groups -OCH3 is 2. The molecular formula is C23H28N2O4S2. The lowest BCUT2D eigenvalue weighted by Gasteiger charge is -2.14. The standard InChI is InChI=1S/C23H28N2O4S2/c1-4-17-12-18-21(31-17)24-23(30-14-16-8-10-29-13-16)25(22(18)26)9-7-15-5-6-19(27-2)20(11-15)28-3/h5-6,11-12,16H,4,7-10,13-14H2,1-3H3/t16-/m0/s1. The molecule has 2 aromatic heterocycles. The van der Waals surface area contributed by atoms with Crippen LogP contribution in [0.5, 0.6) is 11.5 Å². The summed E-state index contributed by atoms with van der Waals surface area (Å²) in [6.07, 6.45) is 2.69. The summed E-state index contributed by atoms with van der Waals surface area (Å²) in [4.78, 5) is 20.3. The van der Waals surface area contributed by atoms with Crippen LogP contribution in [0, 0.1) is 5.92 Å². The summed E-state index contributed by atoms with van der Waals surface area (Å²) in [5.74, 6) is 2.83. The van der Waals surface area contributed by atoms with Crippen LogP contribution in [0.2, 0.25) is 0 Å². The molecule has 0 amide bonds. The maximum Gasteiger partial charge on any atom is 0.262 e. The molecule has 0 N–H and O–H groups in total. The number of thioether (sulfide) groups is 1. The predicted molar refractivity (Wildman–Crippen MR) is 126 cm³/mol. The molecule has 0 unspecified atom stereocenters. The van der Waals surface area contributed by atoms with Crippen molar-refractivity contribution in [1.29, 1.82) is 0 Å². The predicted octanol–water partition coefficient (Wildman–Crippen LogP) is 4.41. The van der Waals surface area contributed by atoms with E-state index in [1.54, 1.807) is 37.3 Å². The number of fused-ring (bicyclic) bond motifs is 1. The zero-order valence-electron chi connectivity index (χ0n) is 18.2. The number of hydrogen-bond acceptors (Lipinski definition) is 7. The highest BCUT2D eigenvalue weighted by Crippen LogP contribution is 2.29. The molecule has 1 aliphatic heterocycles. The Bertz CT molecular complexity index is 1100. The Morgan fingerprint density at radius 1 is 1.26 bits per heavy atom. The maximum absolute atomic E-state index is 13.4. The minimum atomic E-state index is 0.0478. The maximum atomic E-state index is 13.4. The van der Waals surface area contributed by atoms with Gasteiger partial charge in [0.25, 0.3) is 5.56 Å². The normalized spacial score (nSPS) is 16.2. The molecular weight excluding hydrogens is 432 g/mol. The van der Waals surface area contributed by atoms with Crippen molar-refractivity contribution >= 4 is 33.3 Å². The largest absolute Gasteiger partial charge is 0.493 e. The smallest absolute Gasteiger partial charge is 0.262 e. The number of benzene rings is 1. The van der Waals surface area contributed by atoms with E-state index in [0.29, 0.717) is 30.4 Å². The molecule has 3 heterocycles. The van der Waals surface area contributed by atoms with Gasteiger partial charge in [0.2, 0.25) is 0 Å². The van der Waals surface area contributed by atoms with Crippen LogP contribution < -0.4 is 15.0 Å². The van der Waals surface area contributed by atoms with Crippen molar-refractivity contribution in [2.24, 2.45) is 5.92 Å². The van der Waals surface area contributed by atoms with Gasteiger partial charge in [-0.2, -0.15) is 0 Å². The molecule has 166 valence electrons. The van der Waals surface area contributed by atoms with Gasteiger partial charge in [0.15, 0.2) is 16.7 Å². The van der Waals surface area contributed by atoms with Crippen molar-refractivity contribution in [1.82, 2.24) is 9.55 Å². The van der Waals surface area contributed by atoms with Crippen molar-refractivity contribution in [2.45, 2.75) is 37.9 Å². The summed E-state index contributed by atoms with van der Waals surface area (Å²) < 4.78 is 18.1. The third-order valence-electron chi connectivity index (χ3n) is 5.56. The Morgan fingerprint density at radius 3 is 2.81 bits per heavy atom. The highest BCUT2D eigenvalue weighted by atomic mass is 32.2. The highest BCUT2D eigenvalue weighted by Gasteiger charge is 2.19. The minimum absolute atomic E-state index is 0.0478. The molecule has 3 aromatic rings. The first kappa shape index (κ1) is 22.2. The fourth-order valence-corrected chi connectivity index (χ4v) is 5.86. The Hall–Kier alpha value is -2.03. The van der Waals surface area contributed by atoms with Crippen molar-refractivity contribution in [3.8, 4) is 11.5 Å². The van der Waals surface area contributed by atoms with Gasteiger partial charge in [-0.3, -0.25) is 9.36 Å². The molecule has 1 aromatic carbocycles. The number of ether oxygens (including phenoxy) is 3. The van der Waals surface area contributed by atoms with Gasteiger partial charge in [-0.05, 0) is 48.9 Å². The van der Waals surface area contributed by atoms with E-state index < -0.39 is 0 Å².